The van der Waals surface area contributed by atoms with Crippen LogP contribution in [0.4, 0.5) is 5.69 Å². The average molecular weight is 180 g/mol. The molecule has 0 fully saturated rings. The molecule has 2 rings (SSSR count). The summed E-state index contributed by atoms with van der Waals surface area (Å²) in [6, 6.07) is 0. The van der Waals surface area contributed by atoms with Crippen molar-refractivity contribution in [3.8, 4) is 0 Å². The maximum absolute atomic E-state index is 6.76. The van der Waals surface area contributed by atoms with Crippen LogP contribution in [0.1, 0.15) is 0 Å². The Morgan fingerprint density at radius 2 is 2.42 bits per heavy atom. The highest BCUT2D eigenvalue weighted by Crippen LogP contribution is 2.25. The van der Waals surface area contributed by atoms with Gasteiger partial charge in [-0.3, -0.25) is 0 Å². The molecular weight excluding hydrogens is 178 g/mol. The van der Waals surface area contributed by atoms with Gasteiger partial charge in [-0.25, -0.2) is 9.36 Å². The molecule has 0 atom stereocenters. The number of rotatable bonds is 0. The Morgan fingerprint density at radius 3 is 3.17 bits per heavy atom. The Morgan fingerprint density at radius 1 is 1.58 bits per heavy atom. The lowest BCUT2D eigenvalue weighted by atomic mass is 10.5. The SMILES string of the molecule is [C-]#[N+]c1cnn2cnnc2c1Cl. The van der Waals surface area contributed by atoms with Gasteiger partial charge in [0, 0.05) is 0 Å². The Kier molecular flexibility index (Phi) is 1.42. The molecule has 0 bridgehead atoms. The van der Waals surface area contributed by atoms with Crippen molar-refractivity contribution in [3.63, 3.8) is 0 Å². The summed E-state index contributed by atoms with van der Waals surface area (Å²) in [5.41, 5.74) is 0.697. The van der Waals surface area contributed by atoms with E-state index in [1.54, 1.807) is 0 Å². The Hall–Kier alpha value is -1.67. The number of nitrogens with zero attached hydrogens (tertiary/aromatic N) is 5. The first kappa shape index (κ1) is 7.00. The van der Waals surface area contributed by atoms with E-state index in [4.69, 9.17) is 18.2 Å². The number of halogens is 1. The van der Waals surface area contributed by atoms with Crippen molar-refractivity contribution in [2.45, 2.75) is 0 Å². The third-order valence-corrected chi connectivity index (χ3v) is 1.74. The normalized spacial score (nSPS) is 10.0. The van der Waals surface area contributed by atoms with Crippen molar-refractivity contribution in [2.75, 3.05) is 0 Å². The van der Waals surface area contributed by atoms with Crippen molar-refractivity contribution in [3.05, 3.63) is 29.0 Å². The van der Waals surface area contributed by atoms with E-state index < -0.39 is 0 Å². The van der Waals surface area contributed by atoms with Gasteiger partial charge in [-0.2, -0.15) is 5.10 Å². The van der Waals surface area contributed by atoms with Crippen LogP contribution in [0.5, 0.6) is 0 Å². The minimum Gasteiger partial charge on any atom is -0.235 e. The molecule has 0 aliphatic carbocycles. The van der Waals surface area contributed by atoms with Gasteiger partial charge in [-0.1, -0.05) is 11.6 Å². The highest BCUT2D eigenvalue weighted by molar-refractivity contribution is 6.36. The molecule has 2 heterocycles. The highest BCUT2D eigenvalue weighted by Gasteiger charge is 2.07. The third-order valence-electron chi connectivity index (χ3n) is 1.38. The minimum absolute atomic E-state index is 0.289. The monoisotopic (exact) mass is 179 g/mol. The fourth-order valence-corrected chi connectivity index (χ4v) is 1.04. The van der Waals surface area contributed by atoms with Gasteiger partial charge >= 0.3 is 0 Å². The molecule has 2 aromatic heterocycles. The first-order chi connectivity index (χ1) is 5.83. The molecule has 0 radical (unpaired) electrons. The summed E-state index contributed by atoms with van der Waals surface area (Å²) in [6.45, 7) is 6.76. The fourth-order valence-electron chi connectivity index (χ4n) is 0.825. The Bertz CT molecular complexity index is 468. The molecule has 0 saturated carbocycles. The topological polar surface area (TPSA) is 47.4 Å². The molecule has 0 aliphatic rings. The van der Waals surface area contributed by atoms with Gasteiger partial charge in [0.05, 0.1) is 17.8 Å². The van der Waals surface area contributed by atoms with Gasteiger partial charge in [-0.15, -0.1) is 10.2 Å². The lowest BCUT2D eigenvalue weighted by Gasteiger charge is -1.94. The number of aromatic nitrogens is 4. The predicted octanol–water partition coefficient (Wildman–Crippen LogP) is 1.33. The van der Waals surface area contributed by atoms with Gasteiger partial charge in [0.15, 0.2) is 5.65 Å². The highest BCUT2D eigenvalue weighted by atomic mass is 35.5. The summed E-state index contributed by atoms with van der Waals surface area (Å²) in [5, 5.41) is 11.5. The van der Waals surface area contributed by atoms with Crippen LogP contribution >= 0.6 is 11.6 Å². The minimum atomic E-state index is 0.289. The van der Waals surface area contributed by atoms with Crippen LogP contribution in [0.15, 0.2) is 12.5 Å². The van der Waals surface area contributed by atoms with Crippen LogP contribution in [0.2, 0.25) is 5.02 Å². The fraction of sp³-hybridized carbons (Fsp3) is 0. The van der Waals surface area contributed by atoms with Gasteiger partial charge in [-0.05, 0) is 0 Å². The standard InChI is InChI=1S/C6H2ClN5/c1-8-4-2-10-12-3-9-11-6(12)5(4)7/h2-3H. The van der Waals surface area contributed by atoms with E-state index in [9.17, 15) is 0 Å². The van der Waals surface area contributed by atoms with E-state index in [2.05, 4.69) is 20.1 Å². The first-order valence-corrected chi connectivity index (χ1v) is 3.42. The van der Waals surface area contributed by atoms with Crippen molar-refractivity contribution >= 4 is 22.9 Å². The summed E-state index contributed by atoms with van der Waals surface area (Å²) in [7, 11) is 0. The zero-order valence-corrected chi connectivity index (χ0v) is 6.52. The number of fused-ring (bicyclic) bond motifs is 1. The van der Waals surface area contributed by atoms with E-state index in [-0.39, 0.29) is 10.7 Å². The molecule has 0 spiro atoms. The van der Waals surface area contributed by atoms with E-state index in [1.807, 2.05) is 0 Å². The Labute approximate surface area is 72.4 Å². The molecular formula is C6H2ClN5. The predicted molar refractivity (Wildman–Crippen MR) is 42.1 cm³/mol. The first-order valence-electron chi connectivity index (χ1n) is 3.05. The second-order valence-electron chi connectivity index (χ2n) is 2.05. The molecule has 0 amide bonds. The van der Waals surface area contributed by atoms with Gasteiger partial charge < -0.3 is 0 Å². The summed E-state index contributed by atoms with van der Waals surface area (Å²) in [5.74, 6) is 0. The van der Waals surface area contributed by atoms with Crippen LogP contribution in [0.3, 0.4) is 0 Å². The van der Waals surface area contributed by atoms with Crippen LogP contribution in [0.25, 0.3) is 10.5 Å². The van der Waals surface area contributed by atoms with Crippen molar-refractivity contribution in [1.82, 2.24) is 19.8 Å². The molecule has 0 N–H and O–H groups in total. The van der Waals surface area contributed by atoms with E-state index in [1.165, 1.54) is 17.0 Å². The molecule has 0 unspecified atom stereocenters. The van der Waals surface area contributed by atoms with Gasteiger partial charge in [0.1, 0.15) is 6.33 Å². The molecule has 0 saturated heterocycles. The van der Waals surface area contributed by atoms with Gasteiger partial charge in [0.25, 0.3) is 0 Å². The Balaban J connectivity index is 2.89. The van der Waals surface area contributed by atoms with E-state index in [0.717, 1.165) is 0 Å². The maximum atomic E-state index is 6.76. The zero-order chi connectivity index (χ0) is 8.55. The zero-order valence-electron chi connectivity index (χ0n) is 5.77. The molecule has 5 nitrogen and oxygen atoms in total. The summed E-state index contributed by atoms with van der Waals surface area (Å²) >= 11 is 5.81. The van der Waals surface area contributed by atoms with Crippen molar-refractivity contribution in [2.24, 2.45) is 0 Å². The molecule has 58 valence electrons. The molecule has 0 aromatic carbocycles. The van der Waals surface area contributed by atoms with Crippen LogP contribution in [-0.2, 0) is 0 Å². The molecule has 2 aromatic rings. The quantitative estimate of drug-likeness (QED) is 0.574. The average Bonchev–Trinajstić information content (AvgIpc) is 2.53. The largest absolute Gasteiger partial charge is 0.235 e. The van der Waals surface area contributed by atoms with Crippen molar-refractivity contribution < 1.29 is 0 Å². The third kappa shape index (κ3) is 0.822. The molecule has 12 heavy (non-hydrogen) atoms. The second-order valence-corrected chi connectivity index (χ2v) is 2.43. The van der Waals surface area contributed by atoms with Crippen molar-refractivity contribution in [1.29, 1.82) is 0 Å². The molecule has 0 aliphatic heterocycles. The summed E-state index contributed by atoms with van der Waals surface area (Å²) in [4.78, 5) is 3.17. The van der Waals surface area contributed by atoms with Crippen LogP contribution in [-0.4, -0.2) is 19.8 Å². The van der Waals surface area contributed by atoms with E-state index in [0.29, 0.717) is 5.65 Å². The maximum Gasteiger partial charge on any atom is 0.228 e. The molecule has 6 heteroatoms. The summed E-state index contributed by atoms with van der Waals surface area (Å²) in [6.07, 6.45) is 2.81. The van der Waals surface area contributed by atoms with E-state index >= 15 is 0 Å². The lowest BCUT2D eigenvalue weighted by Crippen LogP contribution is -1.88. The lowest BCUT2D eigenvalue weighted by molar-refractivity contribution is 0.929. The number of hydrogen-bond acceptors (Lipinski definition) is 3. The van der Waals surface area contributed by atoms with Crippen LogP contribution in [0, 0.1) is 6.57 Å². The smallest absolute Gasteiger partial charge is 0.228 e. The van der Waals surface area contributed by atoms with Gasteiger partial charge in [0.2, 0.25) is 5.69 Å². The van der Waals surface area contributed by atoms with Crippen LogP contribution < -0.4 is 0 Å². The second kappa shape index (κ2) is 2.43. The summed E-state index contributed by atoms with van der Waals surface area (Å²) < 4.78 is 1.41. The number of hydrogen-bond donors (Lipinski definition) is 0.